The summed E-state index contributed by atoms with van der Waals surface area (Å²) in [7, 11) is 0. The molecule has 0 unspecified atom stereocenters. The maximum Gasteiger partial charge on any atom is 0.253 e. The van der Waals surface area contributed by atoms with Crippen LogP contribution >= 0.6 is 50.7 Å². The Morgan fingerprint density at radius 3 is 2.46 bits per heavy atom. The van der Waals surface area contributed by atoms with Crippen molar-refractivity contribution >= 4 is 62.1 Å². The van der Waals surface area contributed by atoms with Crippen LogP contribution in [0.5, 0.6) is 0 Å². The van der Waals surface area contributed by atoms with E-state index in [1.54, 1.807) is 18.3 Å². The van der Waals surface area contributed by atoms with Crippen molar-refractivity contribution in [2.24, 2.45) is 0 Å². The molecule has 0 N–H and O–H groups in total. The standard InChI is InChI=1S/C15H13BrCl3N5O2/c16-10-1-3-11(4-2-10)24-14(20-21-22-24)12(13(25)15(17,18)19)9-23-5-7-26-8-6-23/h1-4,9H,5-8H2/b12-9-. The Kier molecular flexibility index (Phi) is 6.19. The van der Waals surface area contributed by atoms with Gasteiger partial charge in [0.25, 0.3) is 3.79 Å². The number of halogens is 4. The maximum absolute atomic E-state index is 12.7. The highest BCUT2D eigenvalue weighted by molar-refractivity contribution is 9.10. The fourth-order valence-electron chi connectivity index (χ4n) is 2.37. The molecule has 0 amide bonds. The zero-order valence-electron chi connectivity index (χ0n) is 13.3. The van der Waals surface area contributed by atoms with Gasteiger partial charge in [-0.2, -0.15) is 4.68 Å². The Morgan fingerprint density at radius 1 is 1.19 bits per heavy atom. The molecule has 0 aliphatic carbocycles. The molecule has 3 rings (SSSR count). The zero-order valence-corrected chi connectivity index (χ0v) is 17.1. The first-order valence-electron chi connectivity index (χ1n) is 7.56. The van der Waals surface area contributed by atoms with Crippen LogP contribution in [0, 0.1) is 0 Å². The fraction of sp³-hybridized carbons (Fsp3) is 0.333. The molecule has 0 radical (unpaired) electrons. The third kappa shape index (κ3) is 4.55. The topological polar surface area (TPSA) is 73.1 Å². The van der Waals surface area contributed by atoms with Crippen LogP contribution < -0.4 is 0 Å². The van der Waals surface area contributed by atoms with E-state index < -0.39 is 9.58 Å². The van der Waals surface area contributed by atoms with Gasteiger partial charge in [0.2, 0.25) is 5.78 Å². The Bertz CT molecular complexity index is 813. The molecule has 7 nitrogen and oxygen atoms in total. The zero-order chi connectivity index (χ0) is 18.7. The van der Waals surface area contributed by atoms with Crippen LogP contribution in [0.15, 0.2) is 34.9 Å². The molecule has 11 heteroatoms. The maximum atomic E-state index is 12.7. The highest BCUT2D eigenvalue weighted by atomic mass is 79.9. The van der Waals surface area contributed by atoms with E-state index in [-0.39, 0.29) is 11.4 Å². The monoisotopic (exact) mass is 479 g/mol. The number of hydrogen-bond donors (Lipinski definition) is 0. The van der Waals surface area contributed by atoms with Crippen molar-refractivity contribution < 1.29 is 9.53 Å². The van der Waals surface area contributed by atoms with E-state index in [0.29, 0.717) is 32.0 Å². The summed E-state index contributed by atoms with van der Waals surface area (Å²) in [6, 6.07) is 7.28. The van der Waals surface area contributed by atoms with Gasteiger partial charge in [0.15, 0.2) is 5.82 Å². The molecule has 1 aromatic heterocycles. The number of benzene rings is 1. The number of alkyl halides is 3. The van der Waals surface area contributed by atoms with Crippen molar-refractivity contribution in [2.75, 3.05) is 26.3 Å². The first-order chi connectivity index (χ1) is 12.4. The van der Waals surface area contributed by atoms with Gasteiger partial charge in [-0.3, -0.25) is 4.79 Å². The summed E-state index contributed by atoms with van der Waals surface area (Å²) in [4.78, 5) is 14.6. The number of carbonyl (C=O) groups is 1. The third-order valence-electron chi connectivity index (χ3n) is 3.64. The number of hydrogen-bond acceptors (Lipinski definition) is 6. The van der Waals surface area contributed by atoms with Gasteiger partial charge in [-0.1, -0.05) is 50.7 Å². The molecule has 1 aromatic carbocycles. The number of nitrogens with zero attached hydrogens (tertiary/aromatic N) is 5. The van der Waals surface area contributed by atoms with Gasteiger partial charge < -0.3 is 9.64 Å². The highest BCUT2D eigenvalue weighted by Crippen LogP contribution is 2.33. The average molecular weight is 482 g/mol. The Labute approximate surface area is 173 Å². The van der Waals surface area contributed by atoms with E-state index in [0.717, 1.165) is 4.47 Å². The second-order valence-electron chi connectivity index (χ2n) is 5.41. The van der Waals surface area contributed by atoms with Crippen LogP contribution in [-0.4, -0.2) is 61.0 Å². The van der Waals surface area contributed by atoms with Gasteiger partial charge in [0.05, 0.1) is 24.5 Å². The summed E-state index contributed by atoms with van der Waals surface area (Å²) >= 11 is 20.9. The van der Waals surface area contributed by atoms with Crippen LogP contribution in [0.25, 0.3) is 11.3 Å². The molecule has 1 saturated heterocycles. The minimum Gasteiger partial charge on any atom is -0.378 e. The van der Waals surface area contributed by atoms with Crippen LogP contribution in [0.3, 0.4) is 0 Å². The number of Topliss-reactive ketones (excluding diaryl/α,β-unsaturated/α-hetero) is 1. The lowest BCUT2D eigenvalue weighted by molar-refractivity contribution is -0.113. The number of morpholine rings is 1. The lowest BCUT2D eigenvalue weighted by Gasteiger charge is -2.26. The minimum absolute atomic E-state index is 0.111. The lowest BCUT2D eigenvalue weighted by atomic mass is 10.1. The molecular weight excluding hydrogens is 468 g/mol. The Morgan fingerprint density at radius 2 is 1.85 bits per heavy atom. The smallest absolute Gasteiger partial charge is 0.253 e. The van der Waals surface area contributed by atoms with Crippen molar-refractivity contribution in [3.8, 4) is 5.69 Å². The summed E-state index contributed by atoms with van der Waals surface area (Å²) in [5.41, 5.74) is 0.776. The van der Waals surface area contributed by atoms with E-state index >= 15 is 0 Å². The van der Waals surface area contributed by atoms with Gasteiger partial charge in [-0.15, -0.1) is 5.10 Å². The predicted molar refractivity (Wildman–Crippen MR) is 103 cm³/mol. The second-order valence-corrected chi connectivity index (χ2v) is 8.61. The molecule has 2 aromatic rings. The first kappa shape index (κ1) is 19.6. The molecule has 0 atom stereocenters. The van der Waals surface area contributed by atoms with E-state index in [4.69, 9.17) is 39.5 Å². The van der Waals surface area contributed by atoms with Crippen LogP contribution in [0.4, 0.5) is 0 Å². The molecule has 0 spiro atoms. The molecule has 1 fully saturated rings. The molecule has 138 valence electrons. The van der Waals surface area contributed by atoms with Crippen molar-refractivity contribution in [1.82, 2.24) is 25.1 Å². The number of allylic oxidation sites excluding steroid dienone is 1. The first-order valence-corrected chi connectivity index (χ1v) is 9.49. The number of rotatable bonds is 4. The van der Waals surface area contributed by atoms with Crippen molar-refractivity contribution in [3.63, 3.8) is 0 Å². The molecule has 2 heterocycles. The summed E-state index contributed by atoms with van der Waals surface area (Å²) in [5, 5.41) is 11.6. The largest absolute Gasteiger partial charge is 0.378 e. The summed E-state index contributed by atoms with van der Waals surface area (Å²) in [6.45, 7) is 2.31. The average Bonchev–Trinajstić information content (AvgIpc) is 3.09. The van der Waals surface area contributed by atoms with Gasteiger partial charge in [0.1, 0.15) is 0 Å². The quantitative estimate of drug-likeness (QED) is 0.494. The predicted octanol–water partition coefficient (Wildman–Crippen LogP) is 3.04. The summed E-state index contributed by atoms with van der Waals surface area (Å²) < 4.78 is 5.51. The highest BCUT2D eigenvalue weighted by Gasteiger charge is 2.37. The third-order valence-corrected chi connectivity index (χ3v) is 4.68. The van der Waals surface area contributed by atoms with Crippen molar-refractivity contribution in [3.05, 3.63) is 40.8 Å². The Balaban J connectivity index is 2.05. The normalized spacial score (nSPS) is 16.0. The van der Waals surface area contributed by atoms with E-state index in [1.807, 2.05) is 17.0 Å². The molecule has 1 aliphatic heterocycles. The second kappa shape index (κ2) is 8.22. The van der Waals surface area contributed by atoms with Gasteiger partial charge in [-0.05, 0) is 34.7 Å². The van der Waals surface area contributed by atoms with Crippen LogP contribution in [0.2, 0.25) is 0 Å². The van der Waals surface area contributed by atoms with Crippen LogP contribution in [0.1, 0.15) is 5.82 Å². The minimum atomic E-state index is -2.13. The number of aromatic nitrogens is 4. The van der Waals surface area contributed by atoms with E-state index in [9.17, 15) is 4.79 Å². The van der Waals surface area contributed by atoms with Crippen molar-refractivity contribution in [1.29, 1.82) is 0 Å². The summed E-state index contributed by atoms with van der Waals surface area (Å²) in [6.07, 6.45) is 1.62. The van der Waals surface area contributed by atoms with E-state index in [1.165, 1.54) is 4.68 Å². The van der Waals surface area contributed by atoms with E-state index in [2.05, 4.69) is 31.5 Å². The van der Waals surface area contributed by atoms with Gasteiger partial charge in [-0.25, -0.2) is 0 Å². The van der Waals surface area contributed by atoms with Crippen molar-refractivity contribution in [2.45, 2.75) is 3.79 Å². The van der Waals surface area contributed by atoms with Gasteiger partial charge >= 0.3 is 0 Å². The molecular formula is C15H13BrCl3N5O2. The molecule has 26 heavy (non-hydrogen) atoms. The summed E-state index contributed by atoms with van der Waals surface area (Å²) in [5.74, 6) is -0.516. The molecule has 0 saturated carbocycles. The molecule has 1 aliphatic rings. The molecule has 0 bridgehead atoms. The SMILES string of the molecule is O=C(/C(=C/N1CCOCC1)c1nnnn1-c1ccc(Br)cc1)C(Cl)(Cl)Cl. The lowest BCUT2D eigenvalue weighted by Crippen LogP contribution is -2.33. The van der Waals surface area contributed by atoms with Crippen LogP contribution in [-0.2, 0) is 9.53 Å². The number of carbonyl (C=O) groups excluding carboxylic acids is 1. The number of ether oxygens (including phenoxy) is 1. The number of tetrazole rings is 1. The van der Waals surface area contributed by atoms with Gasteiger partial charge in [0, 0.05) is 23.8 Å². The number of ketones is 1. The Hall–Kier alpha value is -1.19. The fourth-order valence-corrected chi connectivity index (χ4v) is 2.94.